The maximum Gasteiger partial charge on any atom is 0.409 e. The number of carboxylic acids is 1. The fourth-order valence-corrected chi connectivity index (χ4v) is 5.82. The van der Waals surface area contributed by atoms with Crippen molar-refractivity contribution in [2.75, 3.05) is 13.7 Å². The monoisotopic (exact) mass is 475 g/mol. The van der Waals surface area contributed by atoms with Crippen LogP contribution in [0.25, 0.3) is 11.0 Å². The Kier molecular flexibility index (Phi) is 6.75. The summed E-state index contributed by atoms with van der Waals surface area (Å²) in [5, 5.41) is 9.73. The van der Waals surface area contributed by atoms with Crippen LogP contribution in [0.15, 0.2) is 36.4 Å². The van der Waals surface area contributed by atoms with Crippen LogP contribution in [0.2, 0.25) is 0 Å². The van der Waals surface area contributed by atoms with E-state index in [4.69, 9.17) is 9.72 Å². The highest BCUT2D eigenvalue weighted by Gasteiger charge is 2.30. The number of fused-ring (bicyclic) bond motifs is 3. The Morgan fingerprint density at radius 1 is 1.14 bits per heavy atom. The summed E-state index contributed by atoms with van der Waals surface area (Å²) < 4.78 is 7.29. The van der Waals surface area contributed by atoms with Crippen LogP contribution < -0.4 is 0 Å². The number of aromatic nitrogens is 2. The molecule has 1 amide bonds. The van der Waals surface area contributed by atoms with Crippen molar-refractivity contribution in [1.29, 1.82) is 0 Å². The molecular weight excluding hydrogens is 442 g/mol. The number of hydrogen-bond donors (Lipinski definition) is 1. The minimum atomic E-state index is -0.840. The summed E-state index contributed by atoms with van der Waals surface area (Å²) in [4.78, 5) is 31.1. The first kappa shape index (κ1) is 23.4. The summed E-state index contributed by atoms with van der Waals surface area (Å²) in [6, 6.07) is 12.4. The first-order chi connectivity index (χ1) is 17.0. The molecule has 7 nitrogen and oxygen atoms in total. The molecule has 5 rings (SSSR count). The first-order valence-corrected chi connectivity index (χ1v) is 12.7. The number of imidazole rings is 1. The van der Waals surface area contributed by atoms with E-state index in [1.54, 1.807) is 4.90 Å². The largest absolute Gasteiger partial charge is 0.481 e. The number of methoxy groups -OCH3 is 1. The van der Waals surface area contributed by atoms with E-state index in [9.17, 15) is 14.7 Å². The number of aryl methyl sites for hydroxylation is 2. The molecule has 1 aromatic heterocycles. The Morgan fingerprint density at radius 3 is 2.63 bits per heavy atom. The molecule has 0 saturated heterocycles. The quantitative estimate of drug-likeness (QED) is 0.538. The third-order valence-corrected chi connectivity index (χ3v) is 7.53. The van der Waals surface area contributed by atoms with Crippen molar-refractivity contribution < 1.29 is 19.4 Å². The maximum atomic E-state index is 12.3. The van der Waals surface area contributed by atoms with Gasteiger partial charge in [-0.3, -0.25) is 4.79 Å². The van der Waals surface area contributed by atoms with Crippen LogP contribution in [0, 0.1) is 0 Å². The molecule has 0 atom stereocenters. The second kappa shape index (κ2) is 10.1. The lowest BCUT2D eigenvalue weighted by Gasteiger charge is -2.28. The molecule has 1 aliphatic heterocycles. The zero-order chi connectivity index (χ0) is 24.4. The molecule has 1 aliphatic carbocycles. The third kappa shape index (κ3) is 4.77. The van der Waals surface area contributed by atoms with Gasteiger partial charge in [-0.15, -0.1) is 0 Å². The molecule has 0 bridgehead atoms. The lowest BCUT2D eigenvalue weighted by molar-refractivity contribution is -0.136. The van der Waals surface area contributed by atoms with E-state index < -0.39 is 5.97 Å². The zero-order valence-electron chi connectivity index (χ0n) is 20.3. The van der Waals surface area contributed by atoms with Crippen molar-refractivity contribution in [3.8, 4) is 0 Å². The molecule has 0 radical (unpaired) electrons. The first-order valence-electron chi connectivity index (χ1n) is 12.7. The second-order valence-electron chi connectivity index (χ2n) is 9.77. The van der Waals surface area contributed by atoms with Crippen LogP contribution in [0.3, 0.4) is 0 Å². The fraction of sp³-hybridized carbons (Fsp3) is 0.464. The summed E-state index contributed by atoms with van der Waals surface area (Å²) in [7, 11) is 1.41. The highest BCUT2D eigenvalue weighted by molar-refractivity contribution is 5.88. The molecular formula is C28H33N3O4. The van der Waals surface area contributed by atoms with E-state index in [0.29, 0.717) is 25.4 Å². The lowest BCUT2D eigenvalue weighted by Crippen LogP contribution is -2.36. The molecule has 2 aliphatic rings. The van der Waals surface area contributed by atoms with Crippen LogP contribution in [0.1, 0.15) is 66.1 Å². The van der Waals surface area contributed by atoms with E-state index >= 15 is 0 Å². The van der Waals surface area contributed by atoms with E-state index in [2.05, 4.69) is 28.8 Å². The zero-order valence-corrected chi connectivity index (χ0v) is 20.3. The summed E-state index contributed by atoms with van der Waals surface area (Å²) in [5.74, 6) is 0.611. The van der Waals surface area contributed by atoms with Gasteiger partial charge in [0, 0.05) is 24.6 Å². The number of hydrogen-bond acceptors (Lipinski definition) is 4. The smallest absolute Gasteiger partial charge is 0.409 e. The third-order valence-electron chi connectivity index (χ3n) is 7.53. The highest BCUT2D eigenvalue weighted by Crippen LogP contribution is 2.38. The van der Waals surface area contributed by atoms with Crippen molar-refractivity contribution in [2.45, 2.75) is 70.4 Å². The van der Waals surface area contributed by atoms with Crippen LogP contribution in [0.4, 0.5) is 4.79 Å². The van der Waals surface area contributed by atoms with Crippen LogP contribution in [-0.2, 0) is 41.9 Å². The number of carboxylic acid groups (broad SMARTS) is 1. The van der Waals surface area contributed by atoms with Gasteiger partial charge in [0.1, 0.15) is 5.82 Å². The van der Waals surface area contributed by atoms with E-state index in [-0.39, 0.29) is 12.5 Å². The topological polar surface area (TPSA) is 84.7 Å². The molecule has 1 saturated carbocycles. The summed E-state index contributed by atoms with van der Waals surface area (Å²) in [5.41, 5.74) is 5.98. The molecule has 7 heteroatoms. The predicted octanol–water partition coefficient (Wildman–Crippen LogP) is 5.08. The lowest BCUT2D eigenvalue weighted by atomic mass is 9.88. The number of carbonyl (C=O) groups excluding carboxylic acids is 1. The molecule has 0 unspecified atom stereocenters. The van der Waals surface area contributed by atoms with Gasteiger partial charge in [-0.05, 0) is 42.4 Å². The van der Waals surface area contributed by atoms with E-state index in [1.165, 1.54) is 31.9 Å². The Hall–Kier alpha value is -3.35. The van der Waals surface area contributed by atoms with Crippen molar-refractivity contribution >= 4 is 23.1 Å². The Balaban J connectivity index is 1.66. The Bertz CT molecular complexity index is 1230. The van der Waals surface area contributed by atoms with Crippen molar-refractivity contribution in [2.24, 2.45) is 0 Å². The number of carbonyl (C=O) groups is 2. The van der Waals surface area contributed by atoms with Crippen LogP contribution >= 0.6 is 0 Å². The minimum absolute atomic E-state index is 0.0361. The van der Waals surface area contributed by atoms with Crippen LogP contribution in [-0.4, -0.2) is 45.3 Å². The van der Waals surface area contributed by atoms with Gasteiger partial charge >= 0.3 is 12.1 Å². The summed E-state index contributed by atoms with van der Waals surface area (Å²) in [6.07, 6.45) is 7.02. The van der Waals surface area contributed by atoms with Gasteiger partial charge in [0.05, 0.1) is 31.1 Å². The molecule has 35 heavy (non-hydrogen) atoms. The number of benzene rings is 2. The van der Waals surface area contributed by atoms with Gasteiger partial charge in [-0.1, -0.05) is 55.7 Å². The highest BCUT2D eigenvalue weighted by atomic mass is 16.5. The number of amides is 1. The predicted molar refractivity (Wildman–Crippen MR) is 134 cm³/mol. The number of nitrogens with zero attached hydrogens (tertiary/aromatic N) is 3. The molecule has 0 spiro atoms. The van der Waals surface area contributed by atoms with Gasteiger partial charge in [0.15, 0.2) is 0 Å². The van der Waals surface area contributed by atoms with Crippen molar-refractivity contribution in [1.82, 2.24) is 14.5 Å². The van der Waals surface area contributed by atoms with E-state index in [1.807, 2.05) is 12.1 Å². The van der Waals surface area contributed by atoms with Crippen molar-refractivity contribution in [3.63, 3.8) is 0 Å². The van der Waals surface area contributed by atoms with Gasteiger partial charge < -0.3 is 19.3 Å². The molecule has 184 valence electrons. The average molecular weight is 476 g/mol. The number of rotatable bonds is 6. The minimum Gasteiger partial charge on any atom is -0.481 e. The SMILES string of the molecule is COC(=O)N1CCc2cc(CC(=O)O)c3c(nc(C4CCCCC4)n3CCc3ccccc3)c2C1. The van der Waals surface area contributed by atoms with Crippen LogP contribution in [0.5, 0.6) is 0 Å². The number of aliphatic carboxylic acids is 1. The standard InChI is InChI=1S/C28H33N3O4/c1-35-28(34)30-14-13-21-16-22(17-24(32)33)26-25(23(21)18-30)29-27(20-10-6-3-7-11-20)31(26)15-12-19-8-4-2-5-9-19/h2,4-5,8-9,16,20H,3,6-7,10-15,17-18H2,1H3,(H,32,33). The summed E-state index contributed by atoms with van der Waals surface area (Å²) >= 11 is 0. The molecule has 1 N–H and O–H groups in total. The second-order valence-corrected chi connectivity index (χ2v) is 9.77. The van der Waals surface area contributed by atoms with Crippen molar-refractivity contribution in [3.05, 3.63) is 64.5 Å². The molecule has 3 aromatic rings. The fourth-order valence-electron chi connectivity index (χ4n) is 5.82. The van der Waals surface area contributed by atoms with Gasteiger partial charge in [0.25, 0.3) is 0 Å². The molecule has 2 heterocycles. The summed E-state index contributed by atoms with van der Waals surface area (Å²) in [6.45, 7) is 1.74. The normalized spacial score (nSPS) is 16.3. The van der Waals surface area contributed by atoms with E-state index in [0.717, 1.165) is 59.4 Å². The Labute approximate surface area is 205 Å². The molecule has 1 fully saturated rings. The average Bonchev–Trinajstić information content (AvgIpc) is 3.28. The Morgan fingerprint density at radius 2 is 1.91 bits per heavy atom. The van der Waals surface area contributed by atoms with Gasteiger partial charge in [-0.25, -0.2) is 9.78 Å². The maximum absolute atomic E-state index is 12.3. The van der Waals surface area contributed by atoms with Gasteiger partial charge in [0.2, 0.25) is 0 Å². The van der Waals surface area contributed by atoms with Gasteiger partial charge in [-0.2, -0.15) is 0 Å². The number of ether oxygens (including phenoxy) is 1. The molecule has 2 aromatic carbocycles.